The zero-order valence-corrected chi connectivity index (χ0v) is 12.1. The highest BCUT2D eigenvalue weighted by Crippen LogP contribution is 2.27. The molecular weight excluding hydrogens is 220 g/mol. The fourth-order valence-corrected chi connectivity index (χ4v) is 3.64. The molecule has 2 nitrogen and oxygen atoms in total. The van der Waals surface area contributed by atoms with E-state index in [0.29, 0.717) is 12.1 Å². The Balaban J connectivity index is 2.05. The molecule has 18 heavy (non-hydrogen) atoms. The molecule has 2 saturated heterocycles. The second-order valence-electron chi connectivity index (χ2n) is 5.87. The standard InChI is InChI=1S/C16H28N2/c1-4-9-14(5-2)18-13-16-10-7-8-11-17(16)12-15(18)6-3/h2,14-16H,4,6-13H2,1,3H3. The summed E-state index contributed by atoms with van der Waals surface area (Å²) in [6, 6.07) is 1.81. The topological polar surface area (TPSA) is 6.48 Å². The van der Waals surface area contributed by atoms with Gasteiger partial charge >= 0.3 is 0 Å². The Kier molecular flexibility index (Phi) is 5.09. The number of nitrogens with zero attached hydrogens (tertiary/aromatic N) is 2. The smallest absolute Gasteiger partial charge is 0.0715 e. The lowest BCUT2D eigenvalue weighted by atomic mass is 9.94. The predicted octanol–water partition coefficient (Wildman–Crippen LogP) is 2.74. The molecule has 2 heterocycles. The summed E-state index contributed by atoms with van der Waals surface area (Å²) >= 11 is 0. The molecule has 102 valence electrons. The monoisotopic (exact) mass is 248 g/mol. The maximum absolute atomic E-state index is 5.77. The van der Waals surface area contributed by atoms with E-state index in [9.17, 15) is 0 Å². The van der Waals surface area contributed by atoms with Crippen molar-refractivity contribution in [3.8, 4) is 12.3 Å². The van der Waals surface area contributed by atoms with Gasteiger partial charge in [0, 0.05) is 25.2 Å². The molecule has 2 aliphatic rings. The first-order valence-corrected chi connectivity index (χ1v) is 7.76. The molecule has 2 rings (SSSR count). The lowest BCUT2D eigenvalue weighted by Crippen LogP contribution is -2.61. The average molecular weight is 248 g/mol. The van der Waals surface area contributed by atoms with Crippen molar-refractivity contribution in [1.29, 1.82) is 0 Å². The molecule has 0 aromatic heterocycles. The summed E-state index contributed by atoms with van der Waals surface area (Å²) in [5.41, 5.74) is 0. The first-order chi connectivity index (χ1) is 8.80. The second kappa shape index (κ2) is 6.59. The molecule has 0 spiro atoms. The van der Waals surface area contributed by atoms with Gasteiger partial charge in [0.25, 0.3) is 0 Å². The minimum absolute atomic E-state index is 0.365. The van der Waals surface area contributed by atoms with Gasteiger partial charge in [-0.3, -0.25) is 9.80 Å². The van der Waals surface area contributed by atoms with E-state index in [4.69, 9.17) is 6.42 Å². The van der Waals surface area contributed by atoms with Crippen LogP contribution in [-0.4, -0.2) is 47.6 Å². The summed E-state index contributed by atoms with van der Waals surface area (Å²) in [5.74, 6) is 3.04. The Labute approximate surface area is 113 Å². The molecule has 0 radical (unpaired) electrons. The van der Waals surface area contributed by atoms with Crippen LogP contribution in [0, 0.1) is 12.3 Å². The molecule has 2 heteroatoms. The quantitative estimate of drug-likeness (QED) is 0.706. The third-order valence-corrected chi connectivity index (χ3v) is 4.71. The fourth-order valence-electron chi connectivity index (χ4n) is 3.64. The predicted molar refractivity (Wildman–Crippen MR) is 77.5 cm³/mol. The molecule has 0 saturated carbocycles. The molecule has 0 aromatic carbocycles. The second-order valence-corrected chi connectivity index (χ2v) is 5.87. The normalized spacial score (nSPS) is 31.6. The molecule has 3 atom stereocenters. The maximum Gasteiger partial charge on any atom is 0.0715 e. The summed E-state index contributed by atoms with van der Waals surface area (Å²) in [4.78, 5) is 5.35. The maximum atomic E-state index is 5.77. The molecule has 2 aliphatic heterocycles. The Hall–Kier alpha value is -0.520. The van der Waals surface area contributed by atoms with Crippen LogP contribution in [-0.2, 0) is 0 Å². The molecule has 3 unspecified atom stereocenters. The van der Waals surface area contributed by atoms with Gasteiger partial charge in [0.2, 0.25) is 0 Å². The Morgan fingerprint density at radius 2 is 2.11 bits per heavy atom. The number of terminal acetylenes is 1. The van der Waals surface area contributed by atoms with E-state index >= 15 is 0 Å². The van der Waals surface area contributed by atoms with Crippen molar-refractivity contribution in [3.05, 3.63) is 0 Å². The van der Waals surface area contributed by atoms with Crippen molar-refractivity contribution < 1.29 is 0 Å². The van der Waals surface area contributed by atoms with Crippen LogP contribution in [0.1, 0.15) is 52.4 Å². The number of hydrogen-bond donors (Lipinski definition) is 0. The SMILES string of the molecule is C#CC(CCC)N1CC2CCCCN2CC1CC. The molecular formula is C16H28N2. The largest absolute Gasteiger partial charge is 0.298 e. The molecule has 0 aliphatic carbocycles. The average Bonchev–Trinajstić information content (AvgIpc) is 2.43. The molecule has 0 N–H and O–H groups in total. The highest BCUT2D eigenvalue weighted by molar-refractivity contribution is 5.04. The zero-order chi connectivity index (χ0) is 13.0. The Morgan fingerprint density at radius 3 is 2.78 bits per heavy atom. The summed E-state index contributed by atoms with van der Waals surface area (Å²) in [6.07, 6.45) is 13.5. The van der Waals surface area contributed by atoms with E-state index in [2.05, 4.69) is 29.6 Å². The summed E-state index contributed by atoms with van der Waals surface area (Å²) in [5, 5.41) is 0. The van der Waals surface area contributed by atoms with Gasteiger partial charge in [-0.25, -0.2) is 0 Å². The number of hydrogen-bond acceptors (Lipinski definition) is 2. The van der Waals surface area contributed by atoms with E-state index in [1.807, 2.05) is 0 Å². The van der Waals surface area contributed by atoms with E-state index < -0.39 is 0 Å². The van der Waals surface area contributed by atoms with Gasteiger partial charge in [0.15, 0.2) is 0 Å². The van der Waals surface area contributed by atoms with E-state index in [1.54, 1.807) is 0 Å². The number of piperazine rings is 1. The van der Waals surface area contributed by atoms with Crippen LogP contribution in [0.5, 0.6) is 0 Å². The van der Waals surface area contributed by atoms with Gasteiger partial charge in [-0.05, 0) is 32.2 Å². The lowest BCUT2D eigenvalue weighted by molar-refractivity contribution is -0.00562. The van der Waals surface area contributed by atoms with Crippen LogP contribution < -0.4 is 0 Å². The molecule has 0 bridgehead atoms. The van der Waals surface area contributed by atoms with Gasteiger partial charge in [0.1, 0.15) is 0 Å². The van der Waals surface area contributed by atoms with Gasteiger partial charge < -0.3 is 0 Å². The van der Waals surface area contributed by atoms with Crippen LogP contribution >= 0.6 is 0 Å². The Bertz CT molecular complexity index is 294. The minimum atomic E-state index is 0.365. The minimum Gasteiger partial charge on any atom is -0.298 e. The van der Waals surface area contributed by atoms with Crippen molar-refractivity contribution >= 4 is 0 Å². The van der Waals surface area contributed by atoms with Crippen molar-refractivity contribution in [2.24, 2.45) is 0 Å². The van der Waals surface area contributed by atoms with Crippen LogP contribution in [0.4, 0.5) is 0 Å². The lowest BCUT2D eigenvalue weighted by Gasteiger charge is -2.50. The van der Waals surface area contributed by atoms with Crippen molar-refractivity contribution in [1.82, 2.24) is 9.80 Å². The summed E-state index contributed by atoms with van der Waals surface area (Å²) in [6.45, 7) is 8.30. The third-order valence-electron chi connectivity index (χ3n) is 4.71. The van der Waals surface area contributed by atoms with Gasteiger partial charge in [-0.15, -0.1) is 6.42 Å². The van der Waals surface area contributed by atoms with Crippen molar-refractivity contribution in [2.45, 2.75) is 70.5 Å². The molecule has 0 amide bonds. The summed E-state index contributed by atoms with van der Waals surface area (Å²) < 4.78 is 0. The zero-order valence-electron chi connectivity index (χ0n) is 12.1. The third kappa shape index (κ3) is 2.90. The highest BCUT2D eigenvalue weighted by atomic mass is 15.3. The highest BCUT2D eigenvalue weighted by Gasteiger charge is 2.36. The van der Waals surface area contributed by atoms with E-state index in [1.165, 1.54) is 51.7 Å². The van der Waals surface area contributed by atoms with Crippen molar-refractivity contribution in [2.75, 3.05) is 19.6 Å². The first-order valence-electron chi connectivity index (χ1n) is 7.76. The van der Waals surface area contributed by atoms with Crippen LogP contribution in [0.2, 0.25) is 0 Å². The summed E-state index contributed by atoms with van der Waals surface area (Å²) in [7, 11) is 0. The molecule has 0 aromatic rings. The van der Waals surface area contributed by atoms with E-state index in [0.717, 1.165) is 12.5 Å². The van der Waals surface area contributed by atoms with Crippen LogP contribution in [0.3, 0.4) is 0 Å². The van der Waals surface area contributed by atoms with E-state index in [-0.39, 0.29) is 0 Å². The van der Waals surface area contributed by atoms with Gasteiger partial charge in [-0.2, -0.15) is 0 Å². The van der Waals surface area contributed by atoms with Gasteiger partial charge in [0.05, 0.1) is 6.04 Å². The van der Waals surface area contributed by atoms with Crippen molar-refractivity contribution in [3.63, 3.8) is 0 Å². The van der Waals surface area contributed by atoms with Gasteiger partial charge in [-0.1, -0.05) is 32.6 Å². The number of rotatable bonds is 4. The van der Waals surface area contributed by atoms with Crippen LogP contribution in [0.15, 0.2) is 0 Å². The first kappa shape index (κ1) is 13.9. The molecule has 2 fully saturated rings. The number of fused-ring (bicyclic) bond motifs is 1. The number of piperidine rings is 1. The Morgan fingerprint density at radius 1 is 1.28 bits per heavy atom. The fraction of sp³-hybridized carbons (Fsp3) is 0.875. The van der Waals surface area contributed by atoms with Crippen LogP contribution in [0.25, 0.3) is 0 Å².